The maximum absolute atomic E-state index is 12.9. The van der Waals surface area contributed by atoms with Gasteiger partial charge in [-0.2, -0.15) is 0 Å². The summed E-state index contributed by atoms with van der Waals surface area (Å²) in [5.74, 6) is -0.0358. The monoisotopic (exact) mass is 458 g/mol. The third-order valence-electron chi connectivity index (χ3n) is 4.53. The molecule has 0 atom stereocenters. The van der Waals surface area contributed by atoms with Gasteiger partial charge in [-0.3, -0.25) is 9.52 Å². The molecule has 3 rings (SSSR count). The van der Waals surface area contributed by atoms with Crippen molar-refractivity contribution in [1.29, 1.82) is 0 Å². The molecule has 0 aliphatic rings. The van der Waals surface area contributed by atoms with Gasteiger partial charge in [-0.15, -0.1) is 0 Å². The van der Waals surface area contributed by atoms with E-state index in [-0.39, 0.29) is 10.6 Å². The summed E-state index contributed by atoms with van der Waals surface area (Å²) in [7, 11) is -3.87. The van der Waals surface area contributed by atoms with Crippen molar-refractivity contribution < 1.29 is 17.9 Å². The van der Waals surface area contributed by atoms with Crippen LogP contribution in [0.5, 0.6) is 5.75 Å². The summed E-state index contributed by atoms with van der Waals surface area (Å²) in [5, 5.41) is 3.24. The van der Waals surface area contributed by atoms with Crippen molar-refractivity contribution in [1.82, 2.24) is 0 Å². The number of aryl methyl sites for hydroxylation is 1. The van der Waals surface area contributed by atoms with E-state index < -0.39 is 15.9 Å². The maximum atomic E-state index is 12.9. The largest absolute Gasteiger partial charge is 0.492 e. The van der Waals surface area contributed by atoms with Gasteiger partial charge in [-0.05, 0) is 73.5 Å². The van der Waals surface area contributed by atoms with Crippen LogP contribution in [0.25, 0.3) is 0 Å². The Morgan fingerprint density at radius 2 is 1.65 bits per heavy atom. The molecule has 3 aromatic carbocycles. The highest BCUT2D eigenvalue weighted by Crippen LogP contribution is 2.29. The Bertz CT molecular complexity index is 1160. The van der Waals surface area contributed by atoms with E-state index in [0.717, 1.165) is 12.0 Å². The summed E-state index contributed by atoms with van der Waals surface area (Å²) in [6.45, 7) is 4.19. The van der Waals surface area contributed by atoms with E-state index in [9.17, 15) is 13.2 Å². The molecule has 0 fully saturated rings. The molecule has 0 radical (unpaired) electrons. The molecule has 2 N–H and O–H groups in total. The number of sulfonamides is 1. The van der Waals surface area contributed by atoms with Crippen molar-refractivity contribution in [2.75, 3.05) is 16.6 Å². The Morgan fingerprint density at radius 1 is 0.968 bits per heavy atom. The number of amides is 1. The molecule has 31 heavy (non-hydrogen) atoms. The lowest BCUT2D eigenvalue weighted by atomic mass is 10.2. The second-order valence-corrected chi connectivity index (χ2v) is 8.83. The average Bonchev–Trinajstić information content (AvgIpc) is 2.75. The van der Waals surface area contributed by atoms with Gasteiger partial charge in [0, 0.05) is 16.3 Å². The van der Waals surface area contributed by atoms with Gasteiger partial charge >= 0.3 is 0 Å². The van der Waals surface area contributed by atoms with E-state index >= 15 is 0 Å². The van der Waals surface area contributed by atoms with Crippen LogP contribution in [0, 0.1) is 0 Å². The number of rotatable bonds is 8. The second-order valence-electron chi connectivity index (χ2n) is 6.71. The molecule has 0 heterocycles. The molecular formula is C23H23ClN2O4S. The summed E-state index contributed by atoms with van der Waals surface area (Å²) in [5.41, 5.74) is 2.20. The minimum absolute atomic E-state index is 0.00178. The van der Waals surface area contributed by atoms with E-state index in [4.69, 9.17) is 16.3 Å². The zero-order valence-electron chi connectivity index (χ0n) is 17.2. The van der Waals surface area contributed by atoms with Gasteiger partial charge in [0.1, 0.15) is 5.75 Å². The Kier molecular flexibility index (Phi) is 7.20. The van der Waals surface area contributed by atoms with Crippen molar-refractivity contribution in [3.63, 3.8) is 0 Å². The third kappa shape index (κ3) is 5.77. The molecule has 0 aliphatic carbocycles. The second kappa shape index (κ2) is 9.85. The summed E-state index contributed by atoms with van der Waals surface area (Å²) in [6, 6.07) is 17.9. The van der Waals surface area contributed by atoms with Gasteiger partial charge in [-0.1, -0.05) is 30.7 Å². The number of carbonyl (C=O) groups is 1. The summed E-state index contributed by atoms with van der Waals surface area (Å²) in [4.78, 5) is 12.6. The normalized spacial score (nSPS) is 11.1. The fraction of sp³-hybridized carbons (Fsp3) is 0.174. The van der Waals surface area contributed by atoms with E-state index in [1.807, 2.05) is 19.1 Å². The topological polar surface area (TPSA) is 84.5 Å². The standard InChI is InChI=1S/C23H23ClN2O4S/c1-3-16-5-11-19(12-6-16)26-31(28,29)20-13-14-22(30-4-2)21(15-20)25-23(27)17-7-9-18(24)10-8-17/h5-15,26H,3-4H2,1-2H3,(H,25,27). The fourth-order valence-corrected chi connectivity index (χ4v) is 4.08. The van der Waals surface area contributed by atoms with E-state index in [1.54, 1.807) is 43.3 Å². The number of nitrogens with one attached hydrogen (secondary N) is 2. The van der Waals surface area contributed by atoms with Gasteiger partial charge in [0.2, 0.25) is 0 Å². The molecule has 0 bridgehead atoms. The van der Waals surface area contributed by atoms with Gasteiger partial charge in [0.05, 0.1) is 17.2 Å². The highest BCUT2D eigenvalue weighted by Gasteiger charge is 2.18. The molecule has 0 aromatic heterocycles. The average molecular weight is 459 g/mol. The van der Waals surface area contributed by atoms with Crippen LogP contribution >= 0.6 is 11.6 Å². The first kappa shape index (κ1) is 22.7. The lowest BCUT2D eigenvalue weighted by Gasteiger charge is -2.14. The van der Waals surface area contributed by atoms with Crippen molar-refractivity contribution in [3.05, 3.63) is 82.9 Å². The van der Waals surface area contributed by atoms with Crippen LogP contribution in [0.1, 0.15) is 29.8 Å². The van der Waals surface area contributed by atoms with E-state index in [1.165, 1.54) is 18.2 Å². The van der Waals surface area contributed by atoms with Gasteiger partial charge in [0.25, 0.3) is 15.9 Å². The molecule has 1 amide bonds. The smallest absolute Gasteiger partial charge is 0.261 e. The van der Waals surface area contributed by atoms with Crippen LogP contribution < -0.4 is 14.8 Å². The Balaban J connectivity index is 1.88. The van der Waals surface area contributed by atoms with Gasteiger partial charge < -0.3 is 10.1 Å². The summed E-state index contributed by atoms with van der Waals surface area (Å²) < 4.78 is 33.9. The lowest BCUT2D eigenvalue weighted by molar-refractivity contribution is 0.102. The number of ether oxygens (including phenoxy) is 1. The van der Waals surface area contributed by atoms with Crippen molar-refractivity contribution in [2.45, 2.75) is 25.2 Å². The molecular weight excluding hydrogens is 436 g/mol. The molecule has 0 spiro atoms. The first-order valence-electron chi connectivity index (χ1n) is 9.78. The van der Waals surface area contributed by atoms with Gasteiger partial charge in [0.15, 0.2) is 0 Å². The van der Waals surface area contributed by atoms with Crippen LogP contribution in [0.2, 0.25) is 5.02 Å². The van der Waals surface area contributed by atoms with Crippen molar-refractivity contribution in [2.24, 2.45) is 0 Å². The highest BCUT2D eigenvalue weighted by atomic mass is 35.5. The molecule has 6 nitrogen and oxygen atoms in total. The highest BCUT2D eigenvalue weighted by molar-refractivity contribution is 7.92. The van der Waals surface area contributed by atoms with Crippen LogP contribution in [0.15, 0.2) is 71.6 Å². The summed E-state index contributed by atoms with van der Waals surface area (Å²) in [6.07, 6.45) is 0.864. The lowest BCUT2D eigenvalue weighted by Crippen LogP contribution is -2.16. The predicted molar refractivity (Wildman–Crippen MR) is 124 cm³/mol. The van der Waals surface area contributed by atoms with Crippen LogP contribution in [-0.4, -0.2) is 20.9 Å². The number of carbonyl (C=O) groups excluding carboxylic acids is 1. The molecule has 8 heteroatoms. The maximum Gasteiger partial charge on any atom is 0.261 e. The minimum Gasteiger partial charge on any atom is -0.492 e. The zero-order valence-corrected chi connectivity index (χ0v) is 18.8. The molecule has 0 unspecified atom stereocenters. The Morgan fingerprint density at radius 3 is 2.26 bits per heavy atom. The Labute approximate surface area is 187 Å². The molecule has 0 saturated heterocycles. The zero-order chi connectivity index (χ0) is 22.4. The van der Waals surface area contributed by atoms with Crippen molar-refractivity contribution in [3.8, 4) is 5.75 Å². The van der Waals surface area contributed by atoms with E-state index in [0.29, 0.717) is 28.6 Å². The van der Waals surface area contributed by atoms with Crippen LogP contribution in [0.4, 0.5) is 11.4 Å². The molecule has 0 aliphatic heterocycles. The number of hydrogen-bond donors (Lipinski definition) is 2. The molecule has 162 valence electrons. The third-order valence-corrected chi connectivity index (χ3v) is 6.16. The quantitative estimate of drug-likeness (QED) is 0.476. The Hall–Kier alpha value is -3.03. The number of halogens is 1. The van der Waals surface area contributed by atoms with Crippen LogP contribution in [-0.2, 0) is 16.4 Å². The minimum atomic E-state index is -3.87. The SMILES string of the molecule is CCOc1ccc(S(=O)(=O)Nc2ccc(CC)cc2)cc1NC(=O)c1ccc(Cl)cc1. The van der Waals surface area contributed by atoms with E-state index in [2.05, 4.69) is 10.0 Å². The number of benzene rings is 3. The molecule has 3 aromatic rings. The number of hydrogen-bond acceptors (Lipinski definition) is 4. The summed E-state index contributed by atoms with van der Waals surface area (Å²) >= 11 is 5.87. The van der Waals surface area contributed by atoms with Crippen molar-refractivity contribution >= 4 is 38.9 Å². The predicted octanol–water partition coefficient (Wildman–Crippen LogP) is 5.35. The first-order valence-corrected chi connectivity index (χ1v) is 11.6. The number of anilines is 2. The van der Waals surface area contributed by atoms with Gasteiger partial charge in [-0.25, -0.2) is 8.42 Å². The van der Waals surface area contributed by atoms with Crippen LogP contribution in [0.3, 0.4) is 0 Å². The fourth-order valence-electron chi connectivity index (χ4n) is 2.87. The molecule has 0 saturated carbocycles. The first-order chi connectivity index (χ1) is 14.8.